The summed E-state index contributed by atoms with van der Waals surface area (Å²) in [6.07, 6.45) is 0.223. The minimum Gasteiger partial charge on any atom is -0.344 e. The normalized spacial score (nSPS) is 14.1. The van der Waals surface area contributed by atoms with Gasteiger partial charge < -0.3 is 10.6 Å². The van der Waals surface area contributed by atoms with Crippen molar-refractivity contribution in [3.63, 3.8) is 0 Å². The van der Waals surface area contributed by atoms with Crippen LogP contribution in [0.2, 0.25) is 0 Å². The van der Waals surface area contributed by atoms with Gasteiger partial charge in [0, 0.05) is 12.3 Å². The van der Waals surface area contributed by atoms with E-state index in [1.165, 1.54) is 12.1 Å². The number of hydroxylamine groups is 1. The van der Waals surface area contributed by atoms with Gasteiger partial charge in [0.25, 0.3) is 0 Å². The fraction of sp³-hybridized carbons (Fsp3) is 0.444. The van der Waals surface area contributed by atoms with Gasteiger partial charge in [-0.15, -0.1) is 0 Å². The number of rotatable bonds is 10. The van der Waals surface area contributed by atoms with Gasteiger partial charge in [0.05, 0.1) is 6.04 Å². The van der Waals surface area contributed by atoms with Crippen molar-refractivity contribution in [2.75, 3.05) is 0 Å². The highest BCUT2D eigenvalue weighted by atomic mass is 19.1. The van der Waals surface area contributed by atoms with E-state index in [1.807, 2.05) is 65.0 Å². The van der Waals surface area contributed by atoms with Crippen molar-refractivity contribution in [2.24, 2.45) is 17.3 Å². The molecule has 0 aliphatic heterocycles. The third-order valence-electron chi connectivity index (χ3n) is 5.72. The number of carbonyl (C=O) groups excluding carboxylic acids is 3. The Kier molecular flexibility index (Phi) is 9.95. The number of amides is 3. The van der Waals surface area contributed by atoms with Crippen LogP contribution in [0.3, 0.4) is 0 Å². The first-order valence-electron chi connectivity index (χ1n) is 11.8. The maximum atomic E-state index is 13.6. The number of nitrogens with one attached hydrogen (secondary N) is 3. The molecule has 0 saturated carbocycles. The minimum absolute atomic E-state index is 0.125. The van der Waals surface area contributed by atoms with Crippen LogP contribution < -0.4 is 16.1 Å². The van der Waals surface area contributed by atoms with Crippen molar-refractivity contribution in [1.29, 1.82) is 0 Å². The average Bonchev–Trinajstić information content (AvgIpc) is 2.80. The molecule has 2 aromatic rings. The van der Waals surface area contributed by atoms with Crippen LogP contribution in [0, 0.1) is 23.1 Å². The summed E-state index contributed by atoms with van der Waals surface area (Å²) >= 11 is 0. The minimum atomic E-state index is -0.909. The molecule has 2 rings (SSSR count). The van der Waals surface area contributed by atoms with Crippen molar-refractivity contribution in [3.8, 4) is 0 Å². The molecule has 0 aliphatic rings. The van der Waals surface area contributed by atoms with E-state index < -0.39 is 41.1 Å². The lowest BCUT2D eigenvalue weighted by atomic mass is 9.84. The molecule has 2 aromatic carbocycles. The van der Waals surface area contributed by atoms with Crippen molar-refractivity contribution in [1.82, 2.24) is 16.1 Å². The van der Waals surface area contributed by atoms with Gasteiger partial charge in [-0.3, -0.25) is 19.6 Å². The Morgan fingerprint density at radius 1 is 0.886 bits per heavy atom. The van der Waals surface area contributed by atoms with E-state index in [2.05, 4.69) is 10.6 Å². The van der Waals surface area contributed by atoms with Crippen molar-refractivity contribution in [2.45, 2.75) is 59.5 Å². The fourth-order valence-electron chi connectivity index (χ4n) is 3.94. The van der Waals surface area contributed by atoms with Gasteiger partial charge in [-0.05, 0) is 41.0 Å². The standard InChI is InChI=1S/C27H36FN3O4/c1-17(2)15-20(16-22(32)31-35)25(33)30-24(27(3,4)5)26(34)29-23(18-9-7-6-8-10-18)19-11-13-21(28)14-12-19/h6-14,17,20,23-24,35H,15-16H2,1-5H3,(H,29,34)(H,30,33)(H,31,32)/t20-,23?,24-/m1/s1. The van der Waals surface area contributed by atoms with Crippen LogP contribution in [0.15, 0.2) is 54.6 Å². The van der Waals surface area contributed by atoms with E-state index in [0.29, 0.717) is 12.0 Å². The van der Waals surface area contributed by atoms with Crippen molar-refractivity contribution >= 4 is 17.7 Å². The molecule has 8 heteroatoms. The Labute approximate surface area is 206 Å². The zero-order valence-electron chi connectivity index (χ0n) is 21.0. The molecule has 190 valence electrons. The summed E-state index contributed by atoms with van der Waals surface area (Å²) in [5.41, 5.74) is 2.43. The quantitative estimate of drug-likeness (QED) is 0.300. The van der Waals surface area contributed by atoms with Crippen molar-refractivity contribution in [3.05, 3.63) is 71.5 Å². The van der Waals surface area contributed by atoms with E-state index in [0.717, 1.165) is 5.56 Å². The molecular weight excluding hydrogens is 449 g/mol. The van der Waals surface area contributed by atoms with Crippen LogP contribution in [0.1, 0.15) is 64.6 Å². The molecular formula is C27H36FN3O4. The lowest BCUT2D eigenvalue weighted by Crippen LogP contribution is -2.55. The summed E-state index contributed by atoms with van der Waals surface area (Å²) in [6.45, 7) is 9.37. The summed E-state index contributed by atoms with van der Waals surface area (Å²) in [4.78, 5) is 38.5. The Bertz CT molecular complexity index is 988. The summed E-state index contributed by atoms with van der Waals surface area (Å²) < 4.78 is 13.5. The van der Waals surface area contributed by atoms with Gasteiger partial charge >= 0.3 is 0 Å². The summed E-state index contributed by atoms with van der Waals surface area (Å²) in [5, 5.41) is 14.8. The van der Waals surface area contributed by atoms with Gasteiger partial charge in [-0.25, -0.2) is 9.87 Å². The molecule has 4 N–H and O–H groups in total. The Hall–Kier alpha value is -3.26. The average molecular weight is 486 g/mol. The van der Waals surface area contributed by atoms with E-state index in [4.69, 9.17) is 5.21 Å². The Morgan fingerprint density at radius 2 is 1.46 bits per heavy atom. The molecule has 0 aromatic heterocycles. The molecule has 3 amide bonds. The second-order valence-corrected chi connectivity index (χ2v) is 10.3. The van der Waals surface area contributed by atoms with Crippen LogP contribution in [0.4, 0.5) is 4.39 Å². The van der Waals surface area contributed by atoms with Crippen LogP contribution in [-0.2, 0) is 14.4 Å². The molecule has 0 aliphatic carbocycles. The smallest absolute Gasteiger partial charge is 0.244 e. The zero-order valence-corrected chi connectivity index (χ0v) is 21.0. The third kappa shape index (κ3) is 8.47. The van der Waals surface area contributed by atoms with E-state index in [9.17, 15) is 18.8 Å². The van der Waals surface area contributed by atoms with Crippen molar-refractivity contribution < 1.29 is 24.0 Å². The molecule has 0 radical (unpaired) electrons. The van der Waals surface area contributed by atoms with Crippen LogP contribution >= 0.6 is 0 Å². The predicted octanol–water partition coefficient (Wildman–Crippen LogP) is 4.12. The summed E-state index contributed by atoms with van der Waals surface area (Å²) in [7, 11) is 0. The topological polar surface area (TPSA) is 108 Å². The third-order valence-corrected chi connectivity index (χ3v) is 5.72. The van der Waals surface area contributed by atoms with Gasteiger partial charge in [-0.2, -0.15) is 0 Å². The first-order chi connectivity index (χ1) is 16.4. The SMILES string of the molecule is CC(C)C[C@H](CC(=O)NO)C(=O)N[C@H](C(=O)NC(c1ccccc1)c1ccc(F)cc1)C(C)(C)C. The predicted molar refractivity (Wildman–Crippen MR) is 132 cm³/mol. The van der Waals surface area contributed by atoms with Crippen LogP contribution in [0.25, 0.3) is 0 Å². The molecule has 0 bridgehead atoms. The van der Waals surface area contributed by atoms with E-state index >= 15 is 0 Å². The molecule has 35 heavy (non-hydrogen) atoms. The van der Waals surface area contributed by atoms with Gasteiger partial charge in [0.2, 0.25) is 17.7 Å². The number of carbonyl (C=O) groups is 3. The Morgan fingerprint density at radius 3 is 1.97 bits per heavy atom. The van der Waals surface area contributed by atoms with Crippen LogP contribution in [0.5, 0.6) is 0 Å². The Balaban J connectivity index is 2.32. The largest absolute Gasteiger partial charge is 0.344 e. The molecule has 0 spiro atoms. The molecule has 0 fully saturated rings. The number of benzene rings is 2. The zero-order chi connectivity index (χ0) is 26.2. The first kappa shape index (κ1) is 28.0. The molecule has 7 nitrogen and oxygen atoms in total. The van der Waals surface area contributed by atoms with E-state index in [-0.39, 0.29) is 18.2 Å². The molecule has 3 atom stereocenters. The van der Waals surface area contributed by atoms with E-state index in [1.54, 1.807) is 17.6 Å². The molecule has 0 saturated heterocycles. The molecule has 1 unspecified atom stereocenters. The second kappa shape index (κ2) is 12.4. The maximum absolute atomic E-state index is 13.6. The first-order valence-corrected chi connectivity index (χ1v) is 11.8. The highest BCUT2D eigenvalue weighted by molar-refractivity contribution is 5.91. The lowest BCUT2D eigenvalue weighted by molar-refractivity contribution is -0.137. The number of hydrogen-bond acceptors (Lipinski definition) is 4. The number of halogens is 1. The summed E-state index contributed by atoms with van der Waals surface area (Å²) in [5.74, 6) is -2.46. The fourth-order valence-corrected chi connectivity index (χ4v) is 3.94. The monoisotopic (exact) mass is 485 g/mol. The second-order valence-electron chi connectivity index (χ2n) is 10.3. The highest BCUT2D eigenvalue weighted by Gasteiger charge is 2.36. The highest BCUT2D eigenvalue weighted by Crippen LogP contribution is 2.26. The van der Waals surface area contributed by atoms with Gasteiger partial charge in [0.1, 0.15) is 11.9 Å². The number of hydrogen-bond donors (Lipinski definition) is 4. The van der Waals surface area contributed by atoms with Gasteiger partial charge in [-0.1, -0.05) is 77.1 Å². The maximum Gasteiger partial charge on any atom is 0.244 e. The van der Waals surface area contributed by atoms with Gasteiger partial charge in [0.15, 0.2) is 0 Å². The molecule has 0 heterocycles. The summed E-state index contributed by atoms with van der Waals surface area (Å²) in [6, 6.07) is 13.7. The van der Waals surface area contributed by atoms with Crippen LogP contribution in [-0.4, -0.2) is 29.0 Å². The lowest BCUT2D eigenvalue weighted by Gasteiger charge is -2.33.